The van der Waals surface area contributed by atoms with E-state index in [4.69, 9.17) is 0 Å². The van der Waals surface area contributed by atoms with Gasteiger partial charge in [0.1, 0.15) is 0 Å². The predicted molar refractivity (Wildman–Crippen MR) is 77.7 cm³/mol. The molecule has 1 aliphatic carbocycles. The van der Waals surface area contributed by atoms with Crippen molar-refractivity contribution in [1.29, 1.82) is 0 Å². The summed E-state index contributed by atoms with van der Waals surface area (Å²) < 4.78 is 40.4. The molecule has 0 saturated carbocycles. The molecule has 2 aromatic rings. The zero-order valence-electron chi connectivity index (χ0n) is 11.0. The monoisotopic (exact) mass is 315 g/mol. The van der Waals surface area contributed by atoms with Crippen LogP contribution in [0.5, 0.6) is 0 Å². The van der Waals surface area contributed by atoms with Crippen molar-refractivity contribution in [2.45, 2.75) is 11.8 Å². The third-order valence-electron chi connectivity index (χ3n) is 3.72. The average molecular weight is 316 g/mol. The number of halogens is 4. The second kappa shape index (κ2) is 4.93. The van der Waals surface area contributed by atoms with Crippen molar-refractivity contribution in [3.8, 4) is 11.1 Å². The van der Waals surface area contributed by atoms with Crippen molar-refractivity contribution < 1.29 is 18.3 Å². The lowest BCUT2D eigenvalue weighted by molar-refractivity contribution is -0.246. The van der Waals surface area contributed by atoms with Crippen molar-refractivity contribution >= 4 is 18.1 Å². The average Bonchev–Trinajstić information content (AvgIpc) is 2.70. The maximum atomic E-state index is 13.5. The molecular weight excluding hydrogens is 303 g/mol. The van der Waals surface area contributed by atoms with E-state index in [9.17, 15) is 18.3 Å². The maximum Gasteiger partial charge on any atom is 0.425 e. The van der Waals surface area contributed by atoms with E-state index in [0.29, 0.717) is 16.8 Å². The van der Waals surface area contributed by atoms with Gasteiger partial charge in [0.15, 0.2) is 0 Å². The molecule has 0 saturated heterocycles. The van der Waals surface area contributed by atoms with E-state index in [-0.39, 0.29) is 23.5 Å². The standard InChI is InChI=1S/C15H12F3NO.ClH/c1-19-9-6-7-11-10-4-2-3-5-12(10)14(20,13(11)8-9)15(16,17)18;/h2-8,19-20H,1H3;1H. The molecule has 2 aromatic carbocycles. The minimum absolute atomic E-state index is 0. The highest BCUT2D eigenvalue weighted by Gasteiger charge is 2.60. The van der Waals surface area contributed by atoms with E-state index < -0.39 is 11.8 Å². The zero-order valence-corrected chi connectivity index (χ0v) is 11.8. The van der Waals surface area contributed by atoms with Crippen LogP contribution in [0.1, 0.15) is 11.1 Å². The minimum atomic E-state index is -4.78. The van der Waals surface area contributed by atoms with Crippen molar-refractivity contribution in [1.82, 2.24) is 0 Å². The molecule has 1 atom stereocenters. The first-order valence-corrected chi connectivity index (χ1v) is 6.11. The van der Waals surface area contributed by atoms with Gasteiger partial charge in [-0.25, -0.2) is 0 Å². The Morgan fingerprint density at radius 2 is 1.62 bits per heavy atom. The molecule has 3 rings (SSSR count). The van der Waals surface area contributed by atoms with Crippen LogP contribution in [0.3, 0.4) is 0 Å². The molecular formula is C15H13ClF3NO. The van der Waals surface area contributed by atoms with Crippen molar-refractivity contribution in [2.75, 3.05) is 12.4 Å². The van der Waals surface area contributed by atoms with Crippen LogP contribution in [0.25, 0.3) is 11.1 Å². The number of aliphatic hydroxyl groups is 1. The van der Waals surface area contributed by atoms with Gasteiger partial charge < -0.3 is 10.4 Å². The Kier molecular flexibility index (Phi) is 3.68. The third kappa shape index (κ3) is 2.00. The summed E-state index contributed by atoms with van der Waals surface area (Å²) in [4.78, 5) is 0. The zero-order chi connectivity index (χ0) is 14.5. The van der Waals surface area contributed by atoms with E-state index in [1.807, 2.05) is 0 Å². The van der Waals surface area contributed by atoms with Gasteiger partial charge in [0.2, 0.25) is 5.60 Å². The SMILES string of the molecule is CNc1ccc2c(c1)C(O)(C(F)(F)F)c1ccccc1-2.Cl. The Morgan fingerprint density at radius 1 is 1.00 bits per heavy atom. The number of fused-ring (bicyclic) bond motifs is 3. The van der Waals surface area contributed by atoms with Crippen LogP contribution in [0.2, 0.25) is 0 Å². The lowest BCUT2D eigenvalue weighted by atomic mass is 9.90. The molecule has 6 heteroatoms. The minimum Gasteiger partial charge on any atom is -0.388 e. The summed E-state index contributed by atoms with van der Waals surface area (Å²) in [7, 11) is 1.62. The number of alkyl halides is 3. The first kappa shape index (κ1) is 15.7. The molecule has 2 nitrogen and oxygen atoms in total. The van der Waals surface area contributed by atoms with Crippen LogP contribution in [0.4, 0.5) is 18.9 Å². The number of rotatable bonds is 1. The number of hydrogen-bond acceptors (Lipinski definition) is 2. The second-order valence-electron chi connectivity index (χ2n) is 4.76. The molecule has 0 amide bonds. The van der Waals surface area contributed by atoms with Gasteiger partial charge in [-0.05, 0) is 23.3 Å². The second-order valence-corrected chi connectivity index (χ2v) is 4.76. The predicted octanol–water partition coefficient (Wildman–Crippen LogP) is 3.93. The fourth-order valence-corrected chi connectivity index (χ4v) is 2.72. The summed E-state index contributed by atoms with van der Waals surface area (Å²) in [6, 6.07) is 10.7. The molecule has 0 aromatic heterocycles. The number of hydrogen-bond donors (Lipinski definition) is 2. The highest BCUT2D eigenvalue weighted by atomic mass is 35.5. The number of nitrogens with one attached hydrogen (secondary N) is 1. The Bertz CT molecular complexity index is 687. The van der Waals surface area contributed by atoms with Crippen LogP contribution < -0.4 is 5.32 Å². The Hall–Kier alpha value is -1.72. The van der Waals surface area contributed by atoms with Crippen molar-refractivity contribution in [3.05, 3.63) is 53.6 Å². The molecule has 0 fully saturated rings. The largest absolute Gasteiger partial charge is 0.425 e. The van der Waals surface area contributed by atoms with Gasteiger partial charge in [-0.3, -0.25) is 0 Å². The Balaban J connectivity index is 0.00000161. The van der Waals surface area contributed by atoms with Crippen molar-refractivity contribution in [2.24, 2.45) is 0 Å². The maximum absolute atomic E-state index is 13.5. The molecule has 21 heavy (non-hydrogen) atoms. The summed E-state index contributed by atoms with van der Waals surface area (Å²) in [6.45, 7) is 0. The Morgan fingerprint density at radius 3 is 2.24 bits per heavy atom. The van der Waals surface area contributed by atoms with Crippen LogP contribution >= 0.6 is 12.4 Å². The van der Waals surface area contributed by atoms with Gasteiger partial charge in [-0.2, -0.15) is 13.2 Å². The van der Waals surface area contributed by atoms with Gasteiger partial charge in [-0.15, -0.1) is 12.4 Å². The first-order valence-electron chi connectivity index (χ1n) is 6.11. The lowest BCUT2D eigenvalue weighted by Crippen LogP contribution is -2.41. The van der Waals surface area contributed by atoms with Gasteiger partial charge in [0, 0.05) is 23.9 Å². The Labute approximate surface area is 126 Å². The van der Waals surface area contributed by atoms with E-state index >= 15 is 0 Å². The van der Waals surface area contributed by atoms with E-state index in [2.05, 4.69) is 5.32 Å². The summed E-state index contributed by atoms with van der Waals surface area (Å²) in [6.07, 6.45) is -4.78. The van der Waals surface area contributed by atoms with Gasteiger partial charge in [0.05, 0.1) is 0 Å². The highest BCUT2D eigenvalue weighted by molar-refractivity contribution is 5.85. The number of anilines is 1. The van der Waals surface area contributed by atoms with Gasteiger partial charge in [-0.1, -0.05) is 30.3 Å². The van der Waals surface area contributed by atoms with E-state index in [1.54, 1.807) is 31.3 Å². The van der Waals surface area contributed by atoms with E-state index in [0.717, 1.165) is 0 Å². The lowest BCUT2D eigenvalue weighted by Gasteiger charge is -2.28. The molecule has 0 aliphatic heterocycles. The molecule has 0 radical (unpaired) electrons. The fourth-order valence-electron chi connectivity index (χ4n) is 2.72. The molecule has 1 unspecified atom stereocenters. The normalized spacial score (nSPS) is 19.5. The molecule has 2 N–H and O–H groups in total. The quantitative estimate of drug-likeness (QED) is 0.835. The van der Waals surface area contributed by atoms with Gasteiger partial charge >= 0.3 is 6.18 Å². The first-order chi connectivity index (χ1) is 9.39. The molecule has 112 valence electrons. The molecule has 0 heterocycles. The molecule has 1 aliphatic rings. The van der Waals surface area contributed by atoms with E-state index in [1.165, 1.54) is 18.2 Å². The summed E-state index contributed by atoms with van der Waals surface area (Å²) in [5.74, 6) is 0. The molecule has 0 bridgehead atoms. The molecule has 0 spiro atoms. The van der Waals surface area contributed by atoms with Crippen LogP contribution in [0, 0.1) is 0 Å². The van der Waals surface area contributed by atoms with Gasteiger partial charge in [0.25, 0.3) is 0 Å². The number of benzene rings is 2. The fraction of sp³-hybridized carbons (Fsp3) is 0.200. The summed E-state index contributed by atoms with van der Waals surface area (Å²) in [5, 5.41) is 13.2. The summed E-state index contributed by atoms with van der Waals surface area (Å²) >= 11 is 0. The highest BCUT2D eigenvalue weighted by Crippen LogP contribution is 2.55. The van der Waals surface area contributed by atoms with Crippen LogP contribution in [0.15, 0.2) is 42.5 Å². The smallest absolute Gasteiger partial charge is 0.388 e. The van der Waals surface area contributed by atoms with Crippen LogP contribution in [-0.4, -0.2) is 18.3 Å². The summed E-state index contributed by atoms with van der Waals surface area (Å²) in [5.41, 5.74) is -1.83. The van der Waals surface area contributed by atoms with Crippen molar-refractivity contribution in [3.63, 3.8) is 0 Å². The third-order valence-corrected chi connectivity index (χ3v) is 3.72. The van der Waals surface area contributed by atoms with Crippen LogP contribution in [-0.2, 0) is 5.60 Å². The topological polar surface area (TPSA) is 32.3 Å².